The van der Waals surface area contributed by atoms with Crippen molar-refractivity contribution in [1.29, 1.82) is 0 Å². The molecule has 0 saturated carbocycles. The molecule has 1 aromatic heterocycles. The van der Waals surface area contributed by atoms with Crippen molar-refractivity contribution in [3.8, 4) is 5.69 Å². The Morgan fingerprint density at radius 1 is 1.09 bits per heavy atom. The number of aromatic nitrogens is 2. The molecule has 1 N–H and O–H groups in total. The number of piperidine rings is 1. The fourth-order valence-corrected chi connectivity index (χ4v) is 5.81. The number of amides is 1. The second-order valence-electron chi connectivity index (χ2n) is 7.80. The monoisotopic (exact) mass is 472 g/mol. The van der Waals surface area contributed by atoms with Crippen LogP contribution in [0.3, 0.4) is 0 Å². The number of carbonyl (C=O) groups excluding carboxylic acids is 1. The quantitative estimate of drug-likeness (QED) is 0.589. The zero-order valence-corrected chi connectivity index (χ0v) is 19.4. The first-order chi connectivity index (χ1) is 15.4. The molecule has 168 valence electrons. The van der Waals surface area contributed by atoms with Gasteiger partial charge >= 0.3 is 0 Å². The van der Waals surface area contributed by atoms with E-state index >= 15 is 0 Å². The van der Waals surface area contributed by atoms with Crippen molar-refractivity contribution < 1.29 is 13.2 Å². The minimum Gasteiger partial charge on any atom is -0.348 e. The van der Waals surface area contributed by atoms with Crippen LogP contribution in [0.5, 0.6) is 0 Å². The van der Waals surface area contributed by atoms with E-state index in [1.807, 2.05) is 42.0 Å². The molecule has 0 aliphatic carbocycles. The molecule has 2 heterocycles. The molecule has 0 spiro atoms. The molecule has 7 nitrogen and oxygen atoms in total. The number of nitrogens with one attached hydrogen (secondary N) is 1. The lowest BCUT2D eigenvalue weighted by Crippen LogP contribution is -2.36. The molecular weight excluding hydrogens is 448 g/mol. The van der Waals surface area contributed by atoms with Gasteiger partial charge in [-0.3, -0.25) is 4.79 Å². The van der Waals surface area contributed by atoms with Gasteiger partial charge in [-0.1, -0.05) is 30.2 Å². The first kappa shape index (κ1) is 22.5. The van der Waals surface area contributed by atoms with Crippen LogP contribution in [-0.2, 0) is 16.6 Å². The van der Waals surface area contributed by atoms with Crippen LogP contribution in [0, 0.1) is 6.92 Å². The number of sulfonamides is 1. The summed E-state index contributed by atoms with van der Waals surface area (Å²) < 4.78 is 29.5. The van der Waals surface area contributed by atoms with Gasteiger partial charge in [0, 0.05) is 43.3 Å². The molecule has 0 atom stereocenters. The molecule has 0 bridgehead atoms. The van der Waals surface area contributed by atoms with Gasteiger partial charge in [-0.25, -0.2) is 13.4 Å². The summed E-state index contributed by atoms with van der Waals surface area (Å²) in [5.74, 6) is 0.537. The molecule has 0 unspecified atom stereocenters. The first-order valence-electron chi connectivity index (χ1n) is 10.5. The van der Waals surface area contributed by atoms with Gasteiger partial charge < -0.3 is 9.88 Å². The highest BCUT2D eigenvalue weighted by Gasteiger charge is 2.28. The number of hydrogen-bond donors (Lipinski definition) is 1. The summed E-state index contributed by atoms with van der Waals surface area (Å²) in [5, 5.41) is 2.97. The average Bonchev–Trinajstić information content (AvgIpc) is 3.24. The fourth-order valence-electron chi connectivity index (χ4n) is 3.80. The van der Waals surface area contributed by atoms with Crippen LogP contribution in [0.1, 0.15) is 41.0 Å². The minimum absolute atomic E-state index is 0.0197. The maximum absolute atomic E-state index is 13.0. The number of imidazole rings is 1. The molecule has 1 aliphatic heterocycles. The van der Waals surface area contributed by atoms with Crippen LogP contribution in [0.4, 0.5) is 0 Å². The van der Waals surface area contributed by atoms with Gasteiger partial charge in [0.2, 0.25) is 10.0 Å². The van der Waals surface area contributed by atoms with Crippen LogP contribution in [0.25, 0.3) is 5.69 Å². The van der Waals surface area contributed by atoms with Crippen LogP contribution >= 0.6 is 11.6 Å². The van der Waals surface area contributed by atoms with E-state index < -0.39 is 10.0 Å². The summed E-state index contributed by atoms with van der Waals surface area (Å²) in [6.45, 7) is 3.20. The van der Waals surface area contributed by atoms with Crippen LogP contribution in [0.2, 0.25) is 5.02 Å². The maximum atomic E-state index is 13.0. The highest BCUT2D eigenvalue weighted by molar-refractivity contribution is 7.89. The van der Waals surface area contributed by atoms with Crippen molar-refractivity contribution in [2.75, 3.05) is 13.1 Å². The normalized spacial score (nSPS) is 14.9. The highest BCUT2D eigenvalue weighted by atomic mass is 35.5. The van der Waals surface area contributed by atoms with Gasteiger partial charge in [0.15, 0.2) is 0 Å². The van der Waals surface area contributed by atoms with E-state index in [4.69, 9.17) is 11.6 Å². The number of aryl methyl sites for hydroxylation is 1. The second-order valence-corrected chi connectivity index (χ2v) is 10.1. The van der Waals surface area contributed by atoms with Crippen molar-refractivity contribution in [2.45, 2.75) is 37.6 Å². The van der Waals surface area contributed by atoms with E-state index in [9.17, 15) is 13.2 Å². The lowest BCUT2D eigenvalue weighted by Gasteiger charge is -2.26. The third kappa shape index (κ3) is 4.72. The van der Waals surface area contributed by atoms with E-state index in [1.165, 1.54) is 22.5 Å². The summed E-state index contributed by atoms with van der Waals surface area (Å²) in [6.07, 6.45) is 6.31. The summed E-state index contributed by atoms with van der Waals surface area (Å²) in [6, 6.07) is 12.2. The predicted molar refractivity (Wildman–Crippen MR) is 124 cm³/mol. The standard InChI is InChI=1S/C23H25ClN4O3S/c1-17-25-11-14-28(17)20-8-5-18(6-9-20)16-26-23(29)19-7-10-21(24)22(15-19)32(30,31)27-12-3-2-4-13-27/h5-11,14-15H,2-4,12-13,16H2,1H3,(H,26,29). The van der Waals surface area contributed by atoms with E-state index in [-0.39, 0.29) is 21.4 Å². The molecule has 32 heavy (non-hydrogen) atoms. The third-order valence-electron chi connectivity index (χ3n) is 5.62. The van der Waals surface area contributed by atoms with Gasteiger partial charge in [0.05, 0.1) is 5.02 Å². The molecule has 1 saturated heterocycles. The SMILES string of the molecule is Cc1nccn1-c1ccc(CNC(=O)c2ccc(Cl)c(S(=O)(=O)N3CCCCC3)c2)cc1. The Labute approximate surface area is 193 Å². The summed E-state index contributed by atoms with van der Waals surface area (Å²) in [7, 11) is -3.73. The van der Waals surface area contributed by atoms with E-state index in [1.54, 1.807) is 6.20 Å². The Kier molecular flexibility index (Phi) is 6.64. The zero-order chi connectivity index (χ0) is 22.7. The van der Waals surface area contributed by atoms with Gasteiger partial charge in [-0.05, 0) is 55.7 Å². The molecule has 3 aromatic rings. The molecule has 1 aliphatic rings. The van der Waals surface area contributed by atoms with Crippen molar-refractivity contribution in [1.82, 2.24) is 19.2 Å². The van der Waals surface area contributed by atoms with Gasteiger partial charge in [0.25, 0.3) is 5.91 Å². The molecule has 0 radical (unpaired) electrons. The Bertz CT molecular complexity index is 1220. The van der Waals surface area contributed by atoms with Crippen molar-refractivity contribution in [2.24, 2.45) is 0 Å². The minimum atomic E-state index is -3.73. The predicted octanol–water partition coefficient (Wildman–Crippen LogP) is 3.94. The van der Waals surface area contributed by atoms with Crippen LogP contribution in [-0.4, -0.2) is 41.3 Å². The van der Waals surface area contributed by atoms with E-state index in [0.717, 1.165) is 36.3 Å². The number of nitrogens with zero attached hydrogens (tertiary/aromatic N) is 3. The number of hydrogen-bond acceptors (Lipinski definition) is 4. The van der Waals surface area contributed by atoms with Gasteiger partial charge in [-0.15, -0.1) is 0 Å². The Morgan fingerprint density at radius 3 is 2.47 bits per heavy atom. The Balaban J connectivity index is 1.46. The highest BCUT2D eigenvalue weighted by Crippen LogP contribution is 2.28. The largest absolute Gasteiger partial charge is 0.348 e. The first-order valence-corrected chi connectivity index (χ1v) is 12.4. The molecule has 1 fully saturated rings. The maximum Gasteiger partial charge on any atom is 0.251 e. The van der Waals surface area contributed by atoms with Crippen LogP contribution in [0.15, 0.2) is 59.8 Å². The number of carbonyl (C=O) groups is 1. The summed E-state index contributed by atoms with van der Waals surface area (Å²) in [4.78, 5) is 16.9. The average molecular weight is 473 g/mol. The number of halogens is 1. The topological polar surface area (TPSA) is 84.3 Å². The summed E-state index contributed by atoms with van der Waals surface area (Å²) >= 11 is 6.20. The molecule has 4 rings (SSSR count). The molecular formula is C23H25ClN4O3S. The summed E-state index contributed by atoms with van der Waals surface area (Å²) in [5.41, 5.74) is 2.17. The lowest BCUT2D eigenvalue weighted by molar-refractivity contribution is 0.0950. The third-order valence-corrected chi connectivity index (χ3v) is 8.00. The lowest BCUT2D eigenvalue weighted by atomic mass is 10.1. The molecule has 1 amide bonds. The van der Waals surface area contributed by atoms with Gasteiger partial charge in [-0.2, -0.15) is 4.31 Å². The molecule has 9 heteroatoms. The van der Waals surface area contributed by atoms with Crippen molar-refractivity contribution in [3.63, 3.8) is 0 Å². The van der Waals surface area contributed by atoms with E-state index in [2.05, 4.69) is 10.3 Å². The Morgan fingerprint density at radius 2 is 1.81 bits per heavy atom. The van der Waals surface area contributed by atoms with Gasteiger partial charge in [0.1, 0.15) is 10.7 Å². The second kappa shape index (κ2) is 9.44. The zero-order valence-electron chi connectivity index (χ0n) is 17.8. The smallest absolute Gasteiger partial charge is 0.251 e. The number of benzene rings is 2. The van der Waals surface area contributed by atoms with Crippen molar-refractivity contribution in [3.05, 3.63) is 76.8 Å². The fraction of sp³-hybridized carbons (Fsp3) is 0.304. The van der Waals surface area contributed by atoms with Crippen LogP contribution < -0.4 is 5.32 Å². The number of rotatable bonds is 6. The van der Waals surface area contributed by atoms with E-state index in [0.29, 0.717) is 19.6 Å². The molecule has 2 aromatic carbocycles. The Hall–Kier alpha value is -2.68. The van der Waals surface area contributed by atoms with Crippen molar-refractivity contribution >= 4 is 27.5 Å².